The van der Waals surface area contributed by atoms with E-state index in [1.54, 1.807) is 6.07 Å². The smallest absolute Gasteiger partial charge is 0.255 e. The number of carbonyl (C=O) groups excluding carboxylic acids is 1. The van der Waals surface area contributed by atoms with Crippen LogP contribution >= 0.6 is 0 Å². The molecule has 0 atom stereocenters. The number of sulfonamides is 1. The molecule has 0 saturated carbocycles. The lowest BCUT2D eigenvalue weighted by Crippen LogP contribution is -2.24. The molecule has 11 heteroatoms. The Labute approximate surface area is 204 Å². The molecule has 1 amide bonds. The second-order valence-electron chi connectivity index (χ2n) is 8.21. The van der Waals surface area contributed by atoms with Crippen LogP contribution in [0.3, 0.4) is 0 Å². The van der Waals surface area contributed by atoms with E-state index in [4.69, 9.17) is 4.42 Å². The average molecular weight is 511 g/mol. The normalized spacial score (nSPS) is 11.8. The Morgan fingerprint density at radius 3 is 2.47 bits per heavy atom. The standard InChI is InChI=1S/C25H20F2N4O4S/c1-28-25(32)21-20-16(24-29-18-6-4-5-17(27)22(18)30-24)11-15(31(2)36(3,33)34)12-19(20)35-23(21)13-7-9-14(26)10-8-13/h4-12H,1-3H3,(H,28,32)(H,29,30). The molecule has 0 aliphatic rings. The summed E-state index contributed by atoms with van der Waals surface area (Å²) in [5.74, 6) is -1.12. The number of fused-ring (bicyclic) bond motifs is 2. The SMILES string of the molecule is CNC(=O)c1c(-c2ccc(F)cc2)oc2cc(N(C)S(C)(=O)=O)cc(-c3nc4c(F)cccc4[nH]3)c12. The molecule has 5 rings (SSSR count). The fourth-order valence-electron chi connectivity index (χ4n) is 4.04. The van der Waals surface area contributed by atoms with Gasteiger partial charge in [0.05, 0.1) is 23.0 Å². The third-order valence-corrected chi connectivity index (χ3v) is 7.12. The van der Waals surface area contributed by atoms with E-state index >= 15 is 0 Å². The second-order valence-corrected chi connectivity index (χ2v) is 10.2. The summed E-state index contributed by atoms with van der Waals surface area (Å²) in [6, 6.07) is 12.9. The third-order valence-electron chi connectivity index (χ3n) is 5.92. The van der Waals surface area contributed by atoms with Gasteiger partial charge in [-0.3, -0.25) is 9.10 Å². The van der Waals surface area contributed by atoms with Crippen molar-refractivity contribution in [2.75, 3.05) is 24.7 Å². The minimum absolute atomic E-state index is 0.0891. The number of anilines is 1. The van der Waals surface area contributed by atoms with Crippen LogP contribution in [-0.4, -0.2) is 44.6 Å². The Balaban J connectivity index is 1.90. The van der Waals surface area contributed by atoms with Crippen LogP contribution in [-0.2, 0) is 10.0 Å². The van der Waals surface area contributed by atoms with Gasteiger partial charge < -0.3 is 14.7 Å². The largest absolute Gasteiger partial charge is 0.455 e. The highest BCUT2D eigenvalue weighted by molar-refractivity contribution is 7.92. The number of benzene rings is 3. The molecule has 0 aliphatic carbocycles. The molecule has 3 aromatic carbocycles. The summed E-state index contributed by atoms with van der Waals surface area (Å²) in [6.45, 7) is 0. The van der Waals surface area contributed by atoms with Gasteiger partial charge in [0.2, 0.25) is 10.0 Å². The number of carbonyl (C=O) groups is 1. The van der Waals surface area contributed by atoms with Crippen molar-refractivity contribution in [3.8, 4) is 22.7 Å². The molecular weight excluding hydrogens is 490 g/mol. The fourth-order valence-corrected chi connectivity index (χ4v) is 4.53. The van der Waals surface area contributed by atoms with Crippen molar-refractivity contribution in [1.82, 2.24) is 15.3 Å². The number of nitrogens with one attached hydrogen (secondary N) is 2. The quantitative estimate of drug-likeness (QED) is 0.357. The highest BCUT2D eigenvalue weighted by Gasteiger charge is 2.27. The summed E-state index contributed by atoms with van der Waals surface area (Å²) in [7, 11) is -0.823. The second kappa shape index (κ2) is 8.45. The first-order valence-corrected chi connectivity index (χ1v) is 12.6. The Hall–Kier alpha value is -4.25. The molecule has 0 saturated heterocycles. The number of imidazole rings is 1. The summed E-state index contributed by atoms with van der Waals surface area (Å²) < 4.78 is 59.8. The molecule has 36 heavy (non-hydrogen) atoms. The van der Waals surface area contributed by atoms with Crippen LogP contribution in [0, 0.1) is 11.6 Å². The number of rotatable bonds is 5. The number of hydrogen-bond acceptors (Lipinski definition) is 5. The number of H-pyrrole nitrogens is 1. The summed E-state index contributed by atoms with van der Waals surface area (Å²) in [5, 5.41) is 2.92. The number of amides is 1. The van der Waals surface area contributed by atoms with Gasteiger partial charge >= 0.3 is 0 Å². The van der Waals surface area contributed by atoms with Crippen LogP contribution in [0.1, 0.15) is 10.4 Å². The Morgan fingerprint density at radius 1 is 1.11 bits per heavy atom. The lowest BCUT2D eigenvalue weighted by atomic mass is 10.00. The number of para-hydroxylation sites is 1. The maximum absolute atomic E-state index is 14.4. The van der Waals surface area contributed by atoms with Crippen molar-refractivity contribution in [3.05, 3.63) is 71.8 Å². The van der Waals surface area contributed by atoms with Crippen molar-refractivity contribution in [2.24, 2.45) is 0 Å². The monoisotopic (exact) mass is 510 g/mol. The average Bonchev–Trinajstić information content (AvgIpc) is 3.45. The first-order valence-electron chi connectivity index (χ1n) is 10.8. The molecule has 2 aromatic heterocycles. The number of hydrogen-bond donors (Lipinski definition) is 2. The minimum atomic E-state index is -3.66. The Bertz CT molecular complexity index is 1760. The van der Waals surface area contributed by atoms with Gasteiger partial charge in [-0.25, -0.2) is 22.2 Å². The maximum Gasteiger partial charge on any atom is 0.255 e. The van der Waals surface area contributed by atoms with Gasteiger partial charge in [0.15, 0.2) is 5.82 Å². The molecule has 8 nitrogen and oxygen atoms in total. The number of furan rings is 1. The van der Waals surface area contributed by atoms with Crippen LogP contribution < -0.4 is 9.62 Å². The van der Waals surface area contributed by atoms with E-state index in [0.717, 1.165) is 10.6 Å². The summed E-state index contributed by atoms with van der Waals surface area (Å²) >= 11 is 0. The van der Waals surface area contributed by atoms with Gasteiger partial charge in [-0.2, -0.15) is 0 Å². The van der Waals surface area contributed by atoms with Crippen molar-refractivity contribution in [1.29, 1.82) is 0 Å². The zero-order chi connectivity index (χ0) is 25.8. The Morgan fingerprint density at radius 2 is 1.83 bits per heavy atom. The van der Waals surface area contributed by atoms with Crippen molar-refractivity contribution < 1.29 is 26.4 Å². The number of halogens is 2. The third kappa shape index (κ3) is 3.87. The summed E-state index contributed by atoms with van der Waals surface area (Å²) in [4.78, 5) is 20.5. The van der Waals surface area contributed by atoms with Gasteiger partial charge in [-0.05, 0) is 42.5 Å². The lowest BCUT2D eigenvalue weighted by Gasteiger charge is -2.17. The van der Waals surface area contributed by atoms with Crippen molar-refractivity contribution in [2.45, 2.75) is 0 Å². The van der Waals surface area contributed by atoms with Crippen LogP contribution in [0.4, 0.5) is 14.5 Å². The first kappa shape index (κ1) is 23.5. The molecule has 0 radical (unpaired) electrons. The molecule has 0 bridgehead atoms. The predicted octanol–water partition coefficient (Wildman–Crippen LogP) is 4.68. The molecule has 2 N–H and O–H groups in total. The maximum atomic E-state index is 14.4. The molecule has 184 valence electrons. The van der Waals surface area contributed by atoms with Crippen LogP contribution in [0.25, 0.3) is 44.7 Å². The molecular formula is C25H20F2N4O4S. The fraction of sp³-hybridized carbons (Fsp3) is 0.120. The van der Waals surface area contributed by atoms with E-state index < -0.39 is 27.6 Å². The van der Waals surface area contributed by atoms with Gasteiger partial charge in [0.25, 0.3) is 5.91 Å². The van der Waals surface area contributed by atoms with E-state index in [1.807, 2.05) is 0 Å². The van der Waals surface area contributed by atoms with Crippen LogP contribution in [0.2, 0.25) is 0 Å². The highest BCUT2D eigenvalue weighted by atomic mass is 32.2. The predicted molar refractivity (Wildman–Crippen MR) is 133 cm³/mol. The number of nitrogens with zero attached hydrogens (tertiary/aromatic N) is 2. The first-order chi connectivity index (χ1) is 17.1. The number of aromatic nitrogens is 2. The van der Waals surface area contributed by atoms with Gasteiger partial charge in [-0.15, -0.1) is 0 Å². The van der Waals surface area contributed by atoms with Crippen molar-refractivity contribution in [3.63, 3.8) is 0 Å². The molecule has 0 fully saturated rings. The van der Waals surface area contributed by atoms with Gasteiger partial charge in [-0.1, -0.05) is 6.07 Å². The van der Waals surface area contributed by atoms with Gasteiger partial charge in [0, 0.05) is 36.7 Å². The molecule has 0 unspecified atom stereocenters. The highest BCUT2D eigenvalue weighted by Crippen LogP contribution is 2.41. The van der Waals surface area contributed by atoms with Gasteiger partial charge in [0.1, 0.15) is 28.5 Å². The zero-order valence-corrected chi connectivity index (χ0v) is 20.2. The zero-order valence-electron chi connectivity index (χ0n) is 19.4. The van der Waals surface area contributed by atoms with Crippen LogP contribution in [0.15, 0.2) is 59.0 Å². The molecule has 0 spiro atoms. The molecule has 0 aliphatic heterocycles. The summed E-state index contributed by atoms with van der Waals surface area (Å²) in [5.41, 5.74) is 1.84. The molecule has 5 aromatic rings. The lowest BCUT2D eigenvalue weighted by molar-refractivity contribution is 0.0964. The van der Waals surface area contributed by atoms with E-state index in [-0.39, 0.29) is 33.9 Å². The number of aromatic amines is 1. The van der Waals surface area contributed by atoms with Crippen LogP contribution in [0.5, 0.6) is 0 Å². The van der Waals surface area contributed by atoms with E-state index in [1.165, 1.54) is 62.6 Å². The van der Waals surface area contributed by atoms with E-state index in [9.17, 15) is 22.0 Å². The van der Waals surface area contributed by atoms with Crippen molar-refractivity contribution >= 4 is 43.6 Å². The summed E-state index contributed by atoms with van der Waals surface area (Å²) in [6.07, 6.45) is 1.05. The van der Waals surface area contributed by atoms with E-state index in [2.05, 4.69) is 15.3 Å². The molecule has 2 heterocycles. The van der Waals surface area contributed by atoms with E-state index in [0.29, 0.717) is 22.0 Å². The Kier molecular flexibility index (Phi) is 5.51. The topological polar surface area (TPSA) is 108 Å². The minimum Gasteiger partial charge on any atom is -0.455 e.